The van der Waals surface area contributed by atoms with Gasteiger partial charge >= 0.3 is 0 Å². The van der Waals surface area contributed by atoms with Crippen molar-refractivity contribution in [3.63, 3.8) is 0 Å². The van der Waals surface area contributed by atoms with Gasteiger partial charge in [0.15, 0.2) is 0 Å². The van der Waals surface area contributed by atoms with E-state index in [9.17, 15) is 9.59 Å². The molecule has 2 N–H and O–H groups in total. The lowest BCUT2D eigenvalue weighted by atomic mass is 10.2. The standard InChI is InChI=1S/C23H22ClN5O3/c1-16-19(23(24)29(28-16)18-9-4-3-5-10-18)14-26-27-22(31)15-25-21(30)13-12-17-8-6-7-11-20(17)32-2/h3-14H,15H2,1-2H3,(H,25,30)(H,27,31)/b13-12+,26-14-. The SMILES string of the molecule is COc1ccccc1/C=C/C(=O)NCC(=O)N/N=C\c1c(C)nn(-c2ccccc2)c1Cl. The van der Waals surface area contributed by atoms with Gasteiger partial charge in [-0.2, -0.15) is 10.2 Å². The normalized spacial score (nSPS) is 11.1. The molecule has 1 aromatic heterocycles. The zero-order valence-corrected chi connectivity index (χ0v) is 18.3. The smallest absolute Gasteiger partial charge is 0.259 e. The highest BCUT2D eigenvalue weighted by Crippen LogP contribution is 2.22. The first-order chi connectivity index (χ1) is 15.5. The van der Waals surface area contributed by atoms with Crippen molar-refractivity contribution >= 4 is 35.7 Å². The van der Waals surface area contributed by atoms with E-state index in [1.165, 1.54) is 12.3 Å². The summed E-state index contributed by atoms with van der Waals surface area (Å²) in [7, 11) is 1.55. The quantitative estimate of drug-likeness (QED) is 0.312. The van der Waals surface area contributed by atoms with Crippen LogP contribution in [-0.4, -0.2) is 41.5 Å². The molecule has 0 bridgehead atoms. The molecule has 0 unspecified atom stereocenters. The van der Waals surface area contributed by atoms with E-state index < -0.39 is 11.8 Å². The first kappa shape index (κ1) is 22.8. The highest BCUT2D eigenvalue weighted by molar-refractivity contribution is 6.32. The number of amides is 2. The number of halogens is 1. The summed E-state index contributed by atoms with van der Waals surface area (Å²) >= 11 is 6.41. The Labute approximate surface area is 190 Å². The van der Waals surface area contributed by atoms with Crippen LogP contribution < -0.4 is 15.5 Å². The maximum atomic E-state index is 12.0. The van der Waals surface area contributed by atoms with Crippen LogP contribution in [0.5, 0.6) is 5.75 Å². The van der Waals surface area contributed by atoms with E-state index in [2.05, 4.69) is 20.9 Å². The Hall–Kier alpha value is -3.91. The minimum Gasteiger partial charge on any atom is -0.496 e. The van der Waals surface area contributed by atoms with Crippen molar-refractivity contribution < 1.29 is 14.3 Å². The molecule has 3 rings (SSSR count). The van der Waals surface area contributed by atoms with Crippen LogP contribution in [0.2, 0.25) is 5.15 Å². The number of rotatable bonds is 8. The molecule has 0 saturated heterocycles. The summed E-state index contributed by atoms with van der Waals surface area (Å²) in [5.41, 5.74) is 5.17. The number of nitrogens with zero attached hydrogens (tertiary/aromatic N) is 3. The molecule has 0 atom stereocenters. The van der Waals surface area contributed by atoms with Crippen molar-refractivity contribution in [3.8, 4) is 11.4 Å². The van der Waals surface area contributed by atoms with E-state index in [1.807, 2.05) is 48.5 Å². The molecule has 0 aliphatic heterocycles. The Morgan fingerprint density at radius 3 is 2.62 bits per heavy atom. The van der Waals surface area contributed by atoms with E-state index in [0.717, 1.165) is 11.3 Å². The van der Waals surface area contributed by atoms with Crippen LogP contribution in [0, 0.1) is 6.92 Å². The number of aryl methyl sites for hydroxylation is 1. The lowest BCUT2D eigenvalue weighted by Gasteiger charge is -2.04. The van der Waals surface area contributed by atoms with Gasteiger partial charge in [0.25, 0.3) is 5.91 Å². The zero-order chi connectivity index (χ0) is 22.9. The molecule has 0 radical (unpaired) electrons. The van der Waals surface area contributed by atoms with Gasteiger partial charge in [0.05, 0.1) is 36.8 Å². The molecule has 32 heavy (non-hydrogen) atoms. The number of methoxy groups -OCH3 is 1. The molecule has 8 nitrogen and oxygen atoms in total. The number of aromatic nitrogens is 2. The summed E-state index contributed by atoms with van der Waals surface area (Å²) in [6.07, 6.45) is 4.36. The van der Waals surface area contributed by atoms with E-state index in [-0.39, 0.29) is 6.54 Å². The fourth-order valence-electron chi connectivity index (χ4n) is 2.80. The van der Waals surface area contributed by atoms with Crippen molar-refractivity contribution in [2.45, 2.75) is 6.92 Å². The summed E-state index contributed by atoms with van der Waals surface area (Å²) < 4.78 is 6.81. The van der Waals surface area contributed by atoms with Gasteiger partial charge in [0, 0.05) is 11.6 Å². The van der Waals surface area contributed by atoms with E-state index in [1.54, 1.807) is 30.9 Å². The van der Waals surface area contributed by atoms with Crippen LogP contribution in [0.1, 0.15) is 16.8 Å². The monoisotopic (exact) mass is 451 g/mol. The number of para-hydroxylation sites is 2. The van der Waals surface area contributed by atoms with Crippen LogP contribution in [0.3, 0.4) is 0 Å². The third-order valence-electron chi connectivity index (χ3n) is 4.41. The maximum absolute atomic E-state index is 12.0. The molecule has 0 fully saturated rings. The van der Waals surface area contributed by atoms with Gasteiger partial charge in [-0.25, -0.2) is 10.1 Å². The summed E-state index contributed by atoms with van der Waals surface area (Å²) in [6, 6.07) is 16.7. The molecule has 0 aliphatic rings. The molecular formula is C23H22ClN5O3. The molecular weight excluding hydrogens is 430 g/mol. The van der Waals surface area contributed by atoms with E-state index in [4.69, 9.17) is 16.3 Å². The van der Waals surface area contributed by atoms with Crippen LogP contribution in [0.15, 0.2) is 65.8 Å². The minimum atomic E-state index is -0.482. The summed E-state index contributed by atoms with van der Waals surface area (Å²) in [6.45, 7) is 1.56. The van der Waals surface area contributed by atoms with Crippen LogP contribution >= 0.6 is 11.6 Å². The fourth-order valence-corrected chi connectivity index (χ4v) is 3.12. The van der Waals surface area contributed by atoms with Gasteiger partial charge in [-0.15, -0.1) is 0 Å². The van der Waals surface area contributed by atoms with Crippen molar-refractivity contribution in [2.75, 3.05) is 13.7 Å². The van der Waals surface area contributed by atoms with Gasteiger partial charge in [-0.1, -0.05) is 48.0 Å². The van der Waals surface area contributed by atoms with Crippen LogP contribution in [0.4, 0.5) is 0 Å². The average molecular weight is 452 g/mol. The number of ether oxygens (including phenoxy) is 1. The highest BCUT2D eigenvalue weighted by atomic mass is 35.5. The second kappa shape index (κ2) is 10.9. The Kier molecular flexibility index (Phi) is 7.77. The maximum Gasteiger partial charge on any atom is 0.259 e. The number of hydrazone groups is 1. The average Bonchev–Trinajstić information content (AvgIpc) is 3.10. The number of carbonyl (C=O) groups is 2. The second-order valence-corrected chi connectivity index (χ2v) is 6.98. The molecule has 0 aliphatic carbocycles. The highest BCUT2D eigenvalue weighted by Gasteiger charge is 2.13. The summed E-state index contributed by atoms with van der Waals surface area (Å²) in [5, 5.41) is 11.2. The summed E-state index contributed by atoms with van der Waals surface area (Å²) in [4.78, 5) is 23.9. The number of benzene rings is 2. The number of nitrogens with one attached hydrogen (secondary N) is 2. The third kappa shape index (κ3) is 5.83. The number of hydrogen-bond acceptors (Lipinski definition) is 5. The fraction of sp³-hybridized carbons (Fsp3) is 0.130. The predicted octanol–water partition coefficient (Wildman–Crippen LogP) is 3.12. The predicted molar refractivity (Wildman–Crippen MR) is 124 cm³/mol. The zero-order valence-electron chi connectivity index (χ0n) is 17.6. The molecule has 0 spiro atoms. The first-order valence-corrected chi connectivity index (χ1v) is 10.1. The topological polar surface area (TPSA) is 97.6 Å². The Morgan fingerprint density at radius 2 is 1.88 bits per heavy atom. The molecule has 164 valence electrons. The van der Waals surface area contributed by atoms with Crippen molar-refractivity contribution in [1.82, 2.24) is 20.5 Å². The summed E-state index contributed by atoms with van der Waals surface area (Å²) in [5.74, 6) is -0.254. The Balaban J connectivity index is 1.52. The van der Waals surface area contributed by atoms with Crippen molar-refractivity contribution in [3.05, 3.63) is 82.6 Å². The van der Waals surface area contributed by atoms with Crippen LogP contribution in [0.25, 0.3) is 11.8 Å². The molecule has 1 heterocycles. The minimum absolute atomic E-state index is 0.234. The second-order valence-electron chi connectivity index (χ2n) is 6.62. The van der Waals surface area contributed by atoms with E-state index in [0.29, 0.717) is 22.2 Å². The molecule has 2 amide bonds. The number of hydrogen-bond donors (Lipinski definition) is 2. The lowest BCUT2D eigenvalue weighted by molar-refractivity contribution is -0.123. The number of carbonyl (C=O) groups excluding carboxylic acids is 2. The molecule has 3 aromatic rings. The van der Waals surface area contributed by atoms with Gasteiger partial charge in [-0.3, -0.25) is 9.59 Å². The van der Waals surface area contributed by atoms with Crippen molar-refractivity contribution in [1.29, 1.82) is 0 Å². The van der Waals surface area contributed by atoms with Crippen LogP contribution in [-0.2, 0) is 9.59 Å². The largest absolute Gasteiger partial charge is 0.496 e. The van der Waals surface area contributed by atoms with Crippen molar-refractivity contribution in [2.24, 2.45) is 5.10 Å². The third-order valence-corrected chi connectivity index (χ3v) is 4.77. The Morgan fingerprint density at radius 1 is 1.16 bits per heavy atom. The van der Waals surface area contributed by atoms with Gasteiger partial charge < -0.3 is 10.1 Å². The molecule has 9 heteroatoms. The van der Waals surface area contributed by atoms with Gasteiger partial charge in [0.2, 0.25) is 5.91 Å². The van der Waals surface area contributed by atoms with Gasteiger partial charge in [-0.05, 0) is 31.2 Å². The molecule has 2 aromatic carbocycles. The van der Waals surface area contributed by atoms with E-state index >= 15 is 0 Å². The lowest BCUT2D eigenvalue weighted by Crippen LogP contribution is -2.34. The Bertz CT molecular complexity index is 1160. The molecule has 0 saturated carbocycles. The van der Waals surface area contributed by atoms with Gasteiger partial charge in [0.1, 0.15) is 10.9 Å². The first-order valence-electron chi connectivity index (χ1n) is 9.71.